The molecule has 2 aromatic rings. The molecule has 0 aromatic heterocycles. The van der Waals surface area contributed by atoms with E-state index in [1.54, 1.807) is 39.0 Å². The molecule has 2 rings (SSSR count). The van der Waals surface area contributed by atoms with Crippen LogP contribution in [-0.2, 0) is 14.2 Å². The van der Waals surface area contributed by atoms with E-state index < -0.39 is 29.1 Å². The lowest BCUT2D eigenvalue weighted by Crippen LogP contribution is -2.24. The zero-order valence-electron chi connectivity index (χ0n) is 19.5. The summed E-state index contributed by atoms with van der Waals surface area (Å²) in [5.41, 5.74) is -0.358. The van der Waals surface area contributed by atoms with E-state index in [1.807, 2.05) is 20.8 Å². The van der Waals surface area contributed by atoms with Crippen molar-refractivity contribution in [3.8, 4) is 0 Å². The zero-order chi connectivity index (χ0) is 25.6. The molecule has 0 aliphatic carbocycles. The van der Waals surface area contributed by atoms with Gasteiger partial charge < -0.3 is 14.2 Å². The third-order valence-corrected chi connectivity index (χ3v) is 4.71. The van der Waals surface area contributed by atoms with Gasteiger partial charge in [-0.05, 0) is 77.9 Å². The van der Waals surface area contributed by atoms with Crippen LogP contribution in [0.3, 0.4) is 0 Å². The van der Waals surface area contributed by atoms with E-state index in [0.29, 0.717) is 10.6 Å². The summed E-state index contributed by atoms with van der Waals surface area (Å²) < 4.78 is 15.8. The van der Waals surface area contributed by atoms with Gasteiger partial charge in [-0.2, -0.15) is 0 Å². The Balaban J connectivity index is 0.000000335. The highest BCUT2D eigenvalue weighted by molar-refractivity contribution is 9.10. The number of ether oxygens (including phenoxy) is 3. The first-order chi connectivity index (χ1) is 15.0. The van der Waals surface area contributed by atoms with Crippen LogP contribution < -0.4 is 0 Å². The summed E-state index contributed by atoms with van der Waals surface area (Å²) in [6.07, 6.45) is 0. The van der Waals surface area contributed by atoms with E-state index in [-0.39, 0.29) is 16.1 Å². The molecule has 0 heterocycles. The van der Waals surface area contributed by atoms with Crippen LogP contribution in [0.4, 0.5) is 0 Å². The number of benzene rings is 2. The highest BCUT2D eigenvalue weighted by atomic mass is 79.9. The SMILES string of the molecule is CC(C)(C)OC(=O)c1cc(Br)ccc1Cl.COC(=O)c1ccc(Cl)c(C(=O)OC(C)(C)C)c1. The molecule has 6 nitrogen and oxygen atoms in total. The minimum Gasteiger partial charge on any atom is -0.465 e. The normalized spacial score (nSPS) is 11.1. The van der Waals surface area contributed by atoms with E-state index in [9.17, 15) is 14.4 Å². The third kappa shape index (κ3) is 10.2. The molecule has 0 N–H and O–H groups in total. The first-order valence-corrected chi connectivity index (χ1v) is 11.4. The molecule has 0 saturated carbocycles. The highest BCUT2D eigenvalue weighted by Crippen LogP contribution is 2.24. The first kappa shape index (κ1) is 28.9. The molecule has 0 aliphatic heterocycles. The topological polar surface area (TPSA) is 78.9 Å². The second-order valence-corrected chi connectivity index (χ2v) is 10.5. The van der Waals surface area contributed by atoms with Crippen molar-refractivity contribution >= 4 is 57.0 Å². The van der Waals surface area contributed by atoms with E-state index in [1.165, 1.54) is 25.3 Å². The van der Waals surface area contributed by atoms with Gasteiger partial charge in [0.15, 0.2) is 0 Å². The van der Waals surface area contributed by atoms with Gasteiger partial charge >= 0.3 is 17.9 Å². The van der Waals surface area contributed by atoms with Crippen molar-refractivity contribution in [3.05, 3.63) is 67.6 Å². The molecule has 0 aliphatic rings. The fourth-order valence-corrected chi connectivity index (χ4v) is 3.00. The lowest BCUT2D eigenvalue weighted by Gasteiger charge is -2.20. The van der Waals surface area contributed by atoms with Gasteiger partial charge in [-0.1, -0.05) is 39.1 Å². The summed E-state index contributed by atoms with van der Waals surface area (Å²) in [5.74, 6) is -1.51. The van der Waals surface area contributed by atoms with Crippen LogP contribution in [0, 0.1) is 0 Å². The molecule has 0 amide bonds. The van der Waals surface area contributed by atoms with Crippen molar-refractivity contribution in [1.29, 1.82) is 0 Å². The number of halogens is 3. The second kappa shape index (κ2) is 11.9. The average molecular weight is 562 g/mol. The molecule has 0 radical (unpaired) electrons. The van der Waals surface area contributed by atoms with Crippen molar-refractivity contribution < 1.29 is 28.6 Å². The van der Waals surface area contributed by atoms with E-state index in [0.717, 1.165) is 4.47 Å². The highest BCUT2D eigenvalue weighted by Gasteiger charge is 2.22. The Hall–Kier alpha value is -2.09. The van der Waals surface area contributed by atoms with Gasteiger partial charge in [-0.3, -0.25) is 0 Å². The van der Waals surface area contributed by atoms with E-state index in [4.69, 9.17) is 32.7 Å². The lowest BCUT2D eigenvalue weighted by molar-refractivity contribution is 0.00570. The van der Waals surface area contributed by atoms with Gasteiger partial charge in [0.2, 0.25) is 0 Å². The van der Waals surface area contributed by atoms with Crippen LogP contribution in [-0.4, -0.2) is 36.2 Å². The predicted octanol–water partition coefficient (Wildman–Crippen LogP) is 7.14. The minimum atomic E-state index is -0.623. The van der Waals surface area contributed by atoms with Crippen molar-refractivity contribution in [2.24, 2.45) is 0 Å². The Morgan fingerprint density at radius 3 is 1.58 bits per heavy atom. The summed E-state index contributed by atoms with van der Waals surface area (Å²) in [7, 11) is 1.27. The largest absolute Gasteiger partial charge is 0.465 e. The summed E-state index contributed by atoms with van der Waals surface area (Å²) in [4.78, 5) is 35.0. The van der Waals surface area contributed by atoms with Crippen LogP contribution in [0.15, 0.2) is 40.9 Å². The maximum Gasteiger partial charge on any atom is 0.340 e. The van der Waals surface area contributed by atoms with E-state index in [2.05, 4.69) is 20.7 Å². The Kier molecular flexibility index (Phi) is 10.4. The predicted molar refractivity (Wildman–Crippen MR) is 132 cm³/mol. The number of rotatable bonds is 3. The van der Waals surface area contributed by atoms with Crippen LogP contribution >= 0.6 is 39.1 Å². The molecule has 2 aromatic carbocycles. The fourth-order valence-electron chi connectivity index (χ4n) is 2.25. The van der Waals surface area contributed by atoms with Crippen LogP contribution in [0.2, 0.25) is 10.0 Å². The quantitative estimate of drug-likeness (QED) is 0.292. The summed E-state index contributed by atoms with van der Waals surface area (Å²) in [6, 6.07) is 9.40. The number of hydrogen-bond acceptors (Lipinski definition) is 6. The standard InChI is InChI=1S/C13H15ClO4.C11H12BrClO2/c1-13(2,3)18-12(16)9-7-8(11(15)17-4)5-6-10(9)14;1-11(2,3)15-10(14)8-6-7(12)4-5-9(8)13/h5-7H,1-4H3;4-6H,1-3H3. The number of esters is 3. The summed E-state index contributed by atoms with van der Waals surface area (Å²) in [6.45, 7) is 10.7. The molecule has 180 valence electrons. The van der Waals surface area contributed by atoms with Crippen molar-refractivity contribution in [2.45, 2.75) is 52.7 Å². The molecule has 0 bridgehead atoms. The summed E-state index contributed by atoms with van der Waals surface area (Å²) >= 11 is 15.1. The number of carbonyl (C=O) groups excluding carboxylic acids is 3. The molecular formula is C24H27BrCl2O6. The van der Waals surface area contributed by atoms with E-state index >= 15 is 0 Å². The smallest absolute Gasteiger partial charge is 0.340 e. The van der Waals surface area contributed by atoms with Crippen molar-refractivity contribution in [2.75, 3.05) is 7.11 Å². The molecule has 0 unspecified atom stereocenters. The number of methoxy groups -OCH3 is 1. The van der Waals surface area contributed by atoms with Gasteiger partial charge in [0.25, 0.3) is 0 Å². The van der Waals surface area contributed by atoms with Gasteiger partial charge in [-0.25, -0.2) is 14.4 Å². The van der Waals surface area contributed by atoms with Crippen LogP contribution in [0.1, 0.15) is 72.6 Å². The Labute approximate surface area is 212 Å². The average Bonchev–Trinajstić information content (AvgIpc) is 2.67. The Morgan fingerprint density at radius 2 is 1.15 bits per heavy atom. The molecule has 33 heavy (non-hydrogen) atoms. The van der Waals surface area contributed by atoms with Gasteiger partial charge in [-0.15, -0.1) is 0 Å². The lowest BCUT2D eigenvalue weighted by atomic mass is 10.1. The molecule has 0 saturated heterocycles. The second-order valence-electron chi connectivity index (χ2n) is 8.81. The number of carbonyl (C=O) groups is 3. The van der Waals surface area contributed by atoms with Crippen LogP contribution in [0.25, 0.3) is 0 Å². The third-order valence-electron chi connectivity index (χ3n) is 3.55. The van der Waals surface area contributed by atoms with Gasteiger partial charge in [0.1, 0.15) is 11.2 Å². The Morgan fingerprint density at radius 1 is 0.727 bits per heavy atom. The summed E-state index contributed by atoms with van der Waals surface area (Å²) in [5, 5.41) is 0.629. The molecule has 0 fully saturated rings. The first-order valence-electron chi connectivity index (χ1n) is 9.83. The van der Waals surface area contributed by atoms with Gasteiger partial charge in [0.05, 0.1) is 33.8 Å². The monoisotopic (exact) mass is 560 g/mol. The maximum absolute atomic E-state index is 11.9. The molecular weight excluding hydrogens is 535 g/mol. The zero-order valence-corrected chi connectivity index (χ0v) is 22.6. The van der Waals surface area contributed by atoms with Gasteiger partial charge in [0, 0.05) is 4.47 Å². The van der Waals surface area contributed by atoms with Crippen molar-refractivity contribution in [3.63, 3.8) is 0 Å². The maximum atomic E-state index is 11.9. The molecule has 0 atom stereocenters. The van der Waals surface area contributed by atoms with Crippen LogP contribution in [0.5, 0.6) is 0 Å². The minimum absolute atomic E-state index is 0.148. The molecule has 9 heteroatoms. The number of hydrogen-bond donors (Lipinski definition) is 0. The van der Waals surface area contributed by atoms with Crippen molar-refractivity contribution in [1.82, 2.24) is 0 Å². The Bertz CT molecular complexity index is 1020. The fraction of sp³-hybridized carbons (Fsp3) is 0.375. The molecule has 0 spiro atoms.